The van der Waals surface area contributed by atoms with E-state index in [1.165, 1.54) is 0 Å². The molecule has 13 heavy (non-hydrogen) atoms. The van der Waals surface area contributed by atoms with E-state index in [1.807, 2.05) is 0 Å². The first-order valence-corrected chi connectivity index (χ1v) is 4.83. The highest BCUT2D eigenvalue weighted by molar-refractivity contribution is 7.79. The lowest BCUT2D eigenvalue weighted by atomic mass is 10.4. The Labute approximate surface area is 77.0 Å². The van der Waals surface area contributed by atoms with Gasteiger partial charge in [0.1, 0.15) is 0 Å². The van der Waals surface area contributed by atoms with Crippen LogP contribution in [0.25, 0.3) is 0 Å². The fraction of sp³-hybridized carbons (Fsp3) is 0.800. The normalized spacial score (nSPS) is 9.77. The van der Waals surface area contributed by atoms with Gasteiger partial charge in [-0.05, 0) is 6.42 Å². The number of ether oxygens (including phenoxy) is 1. The largest absolute Gasteiger partial charge is 0.466 e. The number of nitrogens with two attached hydrogens (primary N) is 1. The maximum absolute atomic E-state index is 8.74. The van der Waals surface area contributed by atoms with Gasteiger partial charge in [0.05, 0.1) is 6.61 Å². The standard InChI is InChI=1S/C5H12N2O.H2O4S/c1-2-3-4-8-5(6)7;1-5(2,3)4/h2-4H2,1H3,(H3,6,7);(H2,1,2,3,4). The van der Waals surface area contributed by atoms with Gasteiger partial charge in [-0.3, -0.25) is 14.5 Å². The molecule has 0 aromatic carbocycles. The first-order valence-electron chi connectivity index (χ1n) is 3.44. The molecule has 0 saturated heterocycles. The Morgan fingerprint density at radius 3 is 2.15 bits per heavy atom. The molecule has 0 aliphatic carbocycles. The minimum absolute atomic E-state index is 0.182. The molecular weight excluding hydrogens is 200 g/mol. The van der Waals surface area contributed by atoms with Gasteiger partial charge in [0.15, 0.2) is 0 Å². The fourth-order valence-electron chi connectivity index (χ4n) is 0.326. The van der Waals surface area contributed by atoms with Crippen LogP contribution < -0.4 is 5.73 Å². The first-order chi connectivity index (χ1) is 5.77. The van der Waals surface area contributed by atoms with Crippen molar-refractivity contribution < 1.29 is 22.3 Å². The Balaban J connectivity index is 0. The van der Waals surface area contributed by atoms with E-state index >= 15 is 0 Å². The molecule has 0 aliphatic rings. The van der Waals surface area contributed by atoms with Crippen molar-refractivity contribution in [2.45, 2.75) is 19.8 Å². The summed E-state index contributed by atoms with van der Waals surface area (Å²) in [5.41, 5.74) is 4.89. The summed E-state index contributed by atoms with van der Waals surface area (Å²) in [6, 6.07) is -0.182. The lowest BCUT2D eigenvalue weighted by Gasteiger charge is -1.98. The zero-order valence-corrected chi connectivity index (χ0v) is 8.04. The quantitative estimate of drug-likeness (QED) is 0.227. The van der Waals surface area contributed by atoms with Gasteiger partial charge in [-0.15, -0.1) is 0 Å². The van der Waals surface area contributed by atoms with Crippen LogP contribution in [0.1, 0.15) is 19.8 Å². The van der Waals surface area contributed by atoms with E-state index in [0.29, 0.717) is 6.61 Å². The monoisotopic (exact) mass is 214 g/mol. The van der Waals surface area contributed by atoms with Crippen LogP contribution >= 0.6 is 0 Å². The van der Waals surface area contributed by atoms with Gasteiger partial charge >= 0.3 is 10.4 Å². The summed E-state index contributed by atoms with van der Waals surface area (Å²) >= 11 is 0. The Morgan fingerprint density at radius 1 is 1.54 bits per heavy atom. The second kappa shape index (κ2) is 7.77. The molecule has 0 radical (unpaired) electrons. The zero-order valence-electron chi connectivity index (χ0n) is 7.23. The number of nitrogens with one attached hydrogen (secondary N) is 1. The highest BCUT2D eigenvalue weighted by Gasteiger charge is 1.85. The van der Waals surface area contributed by atoms with Crippen molar-refractivity contribution in [3.63, 3.8) is 0 Å². The summed E-state index contributed by atoms with van der Waals surface area (Å²) in [4.78, 5) is 0. The van der Waals surface area contributed by atoms with E-state index < -0.39 is 10.4 Å². The third kappa shape index (κ3) is 54.3. The molecule has 0 unspecified atom stereocenters. The molecule has 0 atom stereocenters. The summed E-state index contributed by atoms with van der Waals surface area (Å²) < 4.78 is 36.2. The van der Waals surface area contributed by atoms with Crippen LogP contribution in [0.2, 0.25) is 0 Å². The minimum Gasteiger partial charge on any atom is -0.466 e. The lowest BCUT2D eigenvalue weighted by Crippen LogP contribution is -2.14. The van der Waals surface area contributed by atoms with E-state index in [-0.39, 0.29) is 6.02 Å². The van der Waals surface area contributed by atoms with E-state index in [1.54, 1.807) is 0 Å². The Kier molecular flexibility index (Phi) is 8.76. The predicted molar refractivity (Wildman–Crippen MR) is 47.0 cm³/mol. The van der Waals surface area contributed by atoms with Crippen LogP contribution in [0.15, 0.2) is 0 Å². The van der Waals surface area contributed by atoms with Gasteiger partial charge in [0, 0.05) is 0 Å². The topological polar surface area (TPSA) is 134 Å². The van der Waals surface area contributed by atoms with Crippen molar-refractivity contribution >= 4 is 16.4 Å². The minimum atomic E-state index is -4.67. The molecule has 0 bridgehead atoms. The van der Waals surface area contributed by atoms with Crippen molar-refractivity contribution in [2.24, 2.45) is 5.73 Å². The van der Waals surface area contributed by atoms with Gasteiger partial charge in [-0.1, -0.05) is 13.3 Å². The van der Waals surface area contributed by atoms with Crippen molar-refractivity contribution in [3.05, 3.63) is 0 Å². The van der Waals surface area contributed by atoms with Crippen LogP contribution in [-0.4, -0.2) is 30.2 Å². The molecule has 0 saturated carbocycles. The van der Waals surface area contributed by atoms with Crippen molar-refractivity contribution in [3.8, 4) is 0 Å². The molecule has 0 aliphatic heterocycles. The van der Waals surface area contributed by atoms with Crippen LogP contribution in [0, 0.1) is 5.41 Å². The molecule has 7 nitrogen and oxygen atoms in total. The number of hydrogen-bond acceptors (Lipinski definition) is 4. The Morgan fingerprint density at radius 2 is 1.92 bits per heavy atom. The number of unbranched alkanes of at least 4 members (excludes halogenated alkanes) is 1. The molecule has 0 heterocycles. The lowest BCUT2D eigenvalue weighted by molar-refractivity contribution is 0.289. The average molecular weight is 214 g/mol. The van der Waals surface area contributed by atoms with Crippen LogP contribution in [0.3, 0.4) is 0 Å². The number of amidine groups is 1. The molecule has 5 N–H and O–H groups in total. The molecule has 0 amide bonds. The van der Waals surface area contributed by atoms with Gasteiger partial charge < -0.3 is 10.5 Å². The number of rotatable bonds is 3. The summed E-state index contributed by atoms with van der Waals surface area (Å²) in [5.74, 6) is 0. The Bertz CT molecular complexity index is 217. The van der Waals surface area contributed by atoms with Gasteiger partial charge in [0.2, 0.25) is 0 Å². The second-order valence-corrected chi connectivity index (χ2v) is 2.91. The highest BCUT2D eigenvalue weighted by atomic mass is 32.3. The van der Waals surface area contributed by atoms with E-state index in [2.05, 4.69) is 11.7 Å². The summed E-state index contributed by atoms with van der Waals surface area (Å²) in [5, 5.41) is 6.63. The second-order valence-electron chi connectivity index (χ2n) is 2.01. The first kappa shape index (κ1) is 14.7. The van der Waals surface area contributed by atoms with Crippen molar-refractivity contribution in [1.29, 1.82) is 5.41 Å². The molecule has 8 heteroatoms. The molecule has 0 aromatic heterocycles. The number of hydrogen-bond donors (Lipinski definition) is 4. The third-order valence-corrected chi connectivity index (χ3v) is 0.755. The van der Waals surface area contributed by atoms with Crippen molar-refractivity contribution in [2.75, 3.05) is 6.61 Å². The molecule has 0 rings (SSSR count). The summed E-state index contributed by atoms with van der Waals surface area (Å²) in [7, 11) is -4.67. The Hall–Kier alpha value is -0.860. The van der Waals surface area contributed by atoms with Crippen LogP contribution in [0.4, 0.5) is 0 Å². The van der Waals surface area contributed by atoms with E-state index in [9.17, 15) is 0 Å². The molecule has 80 valence electrons. The highest BCUT2D eigenvalue weighted by Crippen LogP contribution is 1.85. The molecule has 0 fully saturated rings. The smallest absolute Gasteiger partial charge is 0.394 e. The predicted octanol–water partition coefficient (Wildman–Crippen LogP) is 0.0438. The average Bonchev–Trinajstić information content (AvgIpc) is 1.83. The van der Waals surface area contributed by atoms with Gasteiger partial charge in [-0.25, -0.2) is 0 Å². The summed E-state index contributed by atoms with van der Waals surface area (Å²) in [6.07, 6.45) is 2.05. The van der Waals surface area contributed by atoms with Gasteiger partial charge in [-0.2, -0.15) is 8.42 Å². The van der Waals surface area contributed by atoms with Gasteiger partial charge in [0.25, 0.3) is 6.02 Å². The maximum Gasteiger partial charge on any atom is 0.394 e. The van der Waals surface area contributed by atoms with E-state index in [0.717, 1.165) is 12.8 Å². The third-order valence-electron chi connectivity index (χ3n) is 0.755. The van der Waals surface area contributed by atoms with Crippen LogP contribution in [-0.2, 0) is 15.1 Å². The SMILES string of the molecule is CCCCOC(=N)N.O=S(=O)(O)O. The molecule has 0 aromatic rings. The molecule has 0 spiro atoms. The maximum atomic E-state index is 8.74. The molecular formula is C5H14N2O5S. The van der Waals surface area contributed by atoms with E-state index in [4.69, 9.17) is 28.7 Å². The summed E-state index contributed by atoms with van der Waals surface area (Å²) in [6.45, 7) is 2.63. The van der Waals surface area contributed by atoms with Crippen LogP contribution in [0.5, 0.6) is 0 Å². The fourth-order valence-corrected chi connectivity index (χ4v) is 0.326. The van der Waals surface area contributed by atoms with Crippen molar-refractivity contribution in [1.82, 2.24) is 0 Å². The zero-order chi connectivity index (χ0) is 10.9.